The highest BCUT2D eigenvalue weighted by molar-refractivity contribution is 4.76. The Morgan fingerprint density at radius 1 is 1.64 bits per heavy atom. The van der Waals surface area contributed by atoms with Crippen molar-refractivity contribution in [2.24, 2.45) is 5.92 Å². The zero-order valence-corrected chi connectivity index (χ0v) is 9.38. The van der Waals surface area contributed by atoms with Gasteiger partial charge in [-0.25, -0.2) is 0 Å². The molecule has 3 unspecified atom stereocenters. The molecule has 0 aromatic carbocycles. The van der Waals surface area contributed by atoms with Crippen LogP contribution in [0.3, 0.4) is 0 Å². The van der Waals surface area contributed by atoms with Crippen molar-refractivity contribution in [3.05, 3.63) is 23.6 Å². The number of hydrogen-bond acceptors (Lipinski definition) is 2. The Hall–Kier alpha value is -0.600. The van der Waals surface area contributed by atoms with Gasteiger partial charge in [0.1, 0.15) is 0 Å². The van der Waals surface area contributed by atoms with Gasteiger partial charge in [0.05, 0.1) is 13.7 Å². The summed E-state index contributed by atoms with van der Waals surface area (Å²) in [6.45, 7) is 8.03. The largest absolute Gasteiger partial charge is 0.633 e. The maximum Gasteiger partial charge on any atom is 0.193 e. The molecule has 0 amide bonds. The maximum absolute atomic E-state index is 11.2. The van der Waals surface area contributed by atoms with E-state index >= 15 is 0 Å². The highest BCUT2D eigenvalue weighted by Crippen LogP contribution is 2.10. The van der Waals surface area contributed by atoms with Crippen molar-refractivity contribution in [3.63, 3.8) is 0 Å². The number of hydroxylamine groups is 2. The predicted octanol–water partition coefficient (Wildman–Crippen LogP) is 1.12. The van der Waals surface area contributed by atoms with Crippen molar-refractivity contribution < 1.29 is 9.80 Å². The van der Waals surface area contributed by atoms with Crippen LogP contribution < -0.4 is 5.06 Å². The fraction of sp³-hybridized carbons (Fsp3) is 0.727. The number of hydrogen-bond donors (Lipinski definition) is 1. The molecule has 0 aromatic heterocycles. The van der Waals surface area contributed by atoms with E-state index in [4.69, 9.17) is 4.74 Å². The summed E-state index contributed by atoms with van der Waals surface area (Å²) >= 11 is 0. The average Bonchev–Trinajstić information content (AvgIpc) is 2.13. The molecule has 0 spiro atoms. The van der Waals surface area contributed by atoms with Gasteiger partial charge in [-0.15, -0.1) is 5.73 Å². The topological polar surface area (TPSA) is 36.7 Å². The third-order valence-corrected chi connectivity index (χ3v) is 2.17. The third-order valence-electron chi connectivity index (χ3n) is 2.17. The fourth-order valence-electron chi connectivity index (χ4n) is 1.46. The predicted molar refractivity (Wildman–Crippen MR) is 57.8 cm³/mol. The second-order valence-corrected chi connectivity index (χ2v) is 3.45. The second-order valence-electron chi connectivity index (χ2n) is 3.45. The highest BCUT2D eigenvalue weighted by atomic mass is 16.6. The number of allylic oxidation sites excluding steroid dienone is 1. The van der Waals surface area contributed by atoms with Crippen LogP contribution in [-0.2, 0) is 4.74 Å². The minimum Gasteiger partial charge on any atom is -0.633 e. The van der Waals surface area contributed by atoms with E-state index in [0.717, 1.165) is 12.8 Å². The Labute approximate surface area is 86.6 Å². The van der Waals surface area contributed by atoms with Gasteiger partial charge < -0.3 is 15.0 Å². The summed E-state index contributed by atoms with van der Waals surface area (Å²) in [6.07, 6.45) is 3.48. The molecule has 14 heavy (non-hydrogen) atoms. The van der Waals surface area contributed by atoms with E-state index in [1.54, 1.807) is 7.05 Å². The Morgan fingerprint density at radius 3 is 2.71 bits per heavy atom. The SMILES string of the molecule is C=C=CCCC(C)C(OCC)[NH+](C)[O-]. The normalized spacial score (nSPS) is 16.9. The van der Waals surface area contributed by atoms with Crippen LogP contribution in [0.5, 0.6) is 0 Å². The maximum atomic E-state index is 11.2. The first-order chi connectivity index (χ1) is 6.63. The number of rotatable bonds is 7. The zero-order chi connectivity index (χ0) is 11.0. The van der Waals surface area contributed by atoms with Gasteiger partial charge in [-0.1, -0.05) is 13.5 Å². The van der Waals surface area contributed by atoms with Crippen molar-refractivity contribution in [1.82, 2.24) is 0 Å². The fourth-order valence-corrected chi connectivity index (χ4v) is 1.46. The van der Waals surface area contributed by atoms with Gasteiger partial charge in [0.15, 0.2) is 6.23 Å². The standard InChI is InChI=1S/C11H21NO2/c1-5-7-8-9-10(3)11(12(4)13)14-6-2/h7,10-12H,1,6,8-9H2,2-4H3. The van der Waals surface area contributed by atoms with Crippen molar-refractivity contribution in [1.29, 1.82) is 0 Å². The summed E-state index contributed by atoms with van der Waals surface area (Å²) in [6, 6.07) is 0. The molecule has 82 valence electrons. The van der Waals surface area contributed by atoms with Crippen LogP contribution in [0, 0.1) is 11.1 Å². The average molecular weight is 199 g/mol. The van der Waals surface area contributed by atoms with Crippen molar-refractivity contribution in [3.8, 4) is 0 Å². The van der Waals surface area contributed by atoms with Gasteiger partial charge in [-0.05, 0) is 25.8 Å². The first-order valence-corrected chi connectivity index (χ1v) is 5.09. The van der Waals surface area contributed by atoms with Gasteiger partial charge in [0.2, 0.25) is 0 Å². The van der Waals surface area contributed by atoms with Crippen LogP contribution in [0.1, 0.15) is 26.7 Å². The van der Waals surface area contributed by atoms with E-state index < -0.39 is 0 Å². The van der Waals surface area contributed by atoms with Crippen LogP contribution in [0.4, 0.5) is 0 Å². The molecule has 0 aliphatic rings. The molecule has 0 rings (SSSR count). The van der Waals surface area contributed by atoms with Crippen LogP contribution in [0.25, 0.3) is 0 Å². The van der Waals surface area contributed by atoms with Crippen LogP contribution in [0.15, 0.2) is 18.4 Å². The third kappa shape index (κ3) is 5.20. The monoisotopic (exact) mass is 199 g/mol. The van der Waals surface area contributed by atoms with Crippen LogP contribution >= 0.6 is 0 Å². The molecule has 0 saturated heterocycles. The van der Waals surface area contributed by atoms with Crippen molar-refractivity contribution in [2.45, 2.75) is 32.9 Å². The summed E-state index contributed by atoms with van der Waals surface area (Å²) in [5.74, 6) is 0.261. The quantitative estimate of drug-likeness (QED) is 0.379. The molecular formula is C11H21NO2. The highest BCUT2D eigenvalue weighted by Gasteiger charge is 2.20. The van der Waals surface area contributed by atoms with E-state index in [1.807, 2.05) is 19.9 Å². The van der Waals surface area contributed by atoms with E-state index in [2.05, 4.69) is 12.3 Å². The first kappa shape index (κ1) is 13.4. The number of nitrogens with one attached hydrogen (secondary N) is 1. The smallest absolute Gasteiger partial charge is 0.193 e. The Bertz CT molecular complexity index is 186. The minimum atomic E-state index is -0.252. The molecule has 0 heterocycles. The molecule has 1 N–H and O–H groups in total. The molecule has 0 saturated carbocycles. The molecular weight excluding hydrogens is 178 g/mol. The summed E-state index contributed by atoms with van der Waals surface area (Å²) < 4.78 is 5.40. The molecule has 0 fully saturated rings. The van der Waals surface area contributed by atoms with E-state index in [0.29, 0.717) is 6.61 Å². The lowest BCUT2D eigenvalue weighted by atomic mass is 10.0. The van der Waals surface area contributed by atoms with Gasteiger partial charge in [0, 0.05) is 5.92 Å². The van der Waals surface area contributed by atoms with E-state index in [-0.39, 0.29) is 17.2 Å². The summed E-state index contributed by atoms with van der Waals surface area (Å²) in [5, 5.41) is 11.4. The molecule has 0 aliphatic heterocycles. The zero-order valence-electron chi connectivity index (χ0n) is 9.38. The van der Waals surface area contributed by atoms with Gasteiger partial charge >= 0.3 is 0 Å². The Balaban J connectivity index is 4.00. The molecule has 0 aliphatic carbocycles. The number of ether oxygens (including phenoxy) is 1. The lowest BCUT2D eigenvalue weighted by Crippen LogP contribution is -3.09. The van der Waals surface area contributed by atoms with Crippen LogP contribution in [-0.4, -0.2) is 19.9 Å². The molecule has 3 atom stereocenters. The van der Waals surface area contributed by atoms with Crippen LogP contribution in [0.2, 0.25) is 0 Å². The van der Waals surface area contributed by atoms with Gasteiger partial charge in [-0.2, -0.15) is 0 Å². The Kier molecular flexibility index (Phi) is 7.44. The van der Waals surface area contributed by atoms with E-state index in [1.165, 1.54) is 0 Å². The summed E-state index contributed by atoms with van der Waals surface area (Å²) in [5.41, 5.74) is 2.72. The molecule has 0 bridgehead atoms. The molecule has 3 heteroatoms. The lowest BCUT2D eigenvalue weighted by Gasteiger charge is -2.31. The van der Waals surface area contributed by atoms with Crippen molar-refractivity contribution in [2.75, 3.05) is 13.7 Å². The van der Waals surface area contributed by atoms with E-state index in [9.17, 15) is 5.21 Å². The summed E-state index contributed by atoms with van der Waals surface area (Å²) in [7, 11) is 1.58. The Morgan fingerprint density at radius 2 is 2.29 bits per heavy atom. The van der Waals surface area contributed by atoms with Crippen molar-refractivity contribution >= 4 is 0 Å². The minimum absolute atomic E-state index is 0.113. The lowest BCUT2D eigenvalue weighted by molar-refractivity contribution is -0.886. The molecule has 0 aromatic rings. The molecule has 0 radical (unpaired) electrons. The first-order valence-electron chi connectivity index (χ1n) is 5.09. The van der Waals surface area contributed by atoms with Gasteiger partial charge in [0.25, 0.3) is 0 Å². The second kappa shape index (κ2) is 7.77. The molecule has 3 nitrogen and oxygen atoms in total. The van der Waals surface area contributed by atoms with Gasteiger partial charge in [-0.3, -0.25) is 0 Å². The summed E-state index contributed by atoms with van der Waals surface area (Å²) in [4.78, 5) is 0. The number of quaternary nitrogens is 1.